The summed E-state index contributed by atoms with van der Waals surface area (Å²) in [4.78, 5) is 11.5. The fourth-order valence-corrected chi connectivity index (χ4v) is 2.81. The van der Waals surface area contributed by atoms with Gasteiger partial charge < -0.3 is 20.3 Å². The van der Waals surface area contributed by atoms with Crippen molar-refractivity contribution in [2.24, 2.45) is 0 Å². The fraction of sp³-hybridized carbons (Fsp3) is 0.190. The first-order valence-electron chi connectivity index (χ1n) is 8.50. The van der Waals surface area contributed by atoms with E-state index in [2.05, 4.69) is 5.32 Å². The van der Waals surface area contributed by atoms with E-state index in [1.807, 2.05) is 42.5 Å². The van der Waals surface area contributed by atoms with Gasteiger partial charge in [-0.3, -0.25) is 0 Å². The first kappa shape index (κ1) is 17.8. The minimum absolute atomic E-state index is 0.102. The van der Waals surface area contributed by atoms with Crippen LogP contribution in [0.5, 0.6) is 5.75 Å². The van der Waals surface area contributed by atoms with Gasteiger partial charge in [-0.25, -0.2) is 4.79 Å². The van der Waals surface area contributed by atoms with E-state index in [4.69, 9.17) is 9.84 Å². The van der Waals surface area contributed by atoms with E-state index in [1.165, 1.54) is 6.07 Å². The molecule has 0 aliphatic heterocycles. The van der Waals surface area contributed by atoms with E-state index >= 15 is 0 Å². The molecule has 0 amide bonds. The number of anilines is 1. The summed E-state index contributed by atoms with van der Waals surface area (Å²) in [7, 11) is 0. The Hall–Kier alpha value is -3.05. The average molecular weight is 351 g/mol. The predicted octanol–water partition coefficient (Wildman–Crippen LogP) is 3.91. The van der Waals surface area contributed by atoms with Gasteiger partial charge in [-0.15, -0.1) is 0 Å². The number of ether oxygens (including phenoxy) is 1. The highest BCUT2D eigenvalue weighted by molar-refractivity contribution is 5.91. The van der Waals surface area contributed by atoms with Crippen LogP contribution < -0.4 is 10.1 Å². The second-order valence-corrected chi connectivity index (χ2v) is 5.95. The van der Waals surface area contributed by atoms with Crippen LogP contribution in [0.25, 0.3) is 10.8 Å². The van der Waals surface area contributed by atoms with Crippen molar-refractivity contribution < 1.29 is 19.7 Å². The highest BCUT2D eigenvalue weighted by Crippen LogP contribution is 2.26. The summed E-state index contributed by atoms with van der Waals surface area (Å²) >= 11 is 0. The lowest BCUT2D eigenvalue weighted by atomic mass is 10.1. The lowest BCUT2D eigenvalue weighted by molar-refractivity contribution is 0.0692. The van der Waals surface area contributed by atoms with Crippen LogP contribution in [0.3, 0.4) is 0 Å². The van der Waals surface area contributed by atoms with Gasteiger partial charge in [0.1, 0.15) is 17.9 Å². The number of aliphatic hydroxyl groups excluding tert-OH is 1. The summed E-state index contributed by atoms with van der Waals surface area (Å²) in [5, 5.41) is 23.6. The first-order valence-corrected chi connectivity index (χ1v) is 8.50. The number of hydrogen-bond donors (Lipinski definition) is 3. The Morgan fingerprint density at radius 1 is 1.04 bits per heavy atom. The summed E-state index contributed by atoms with van der Waals surface area (Å²) in [6.07, 6.45) is 0.618. The third-order valence-corrected chi connectivity index (χ3v) is 4.14. The Bertz CT molecular complexity index is 902. The van der Waals surface area contributed by atoms with Gasteiger partial charge in [-0.1, -0.05) is 42.5 Å². The number of nitrogens with one attached hydrogen (secondary N) is 1. The van der Waals surface area contributed by atoms with E-state index < -0.39 is 5.97 Å². The second-order valence-electron chi connectivity index (χ2n) is 5.95. The number of carboxylic acid groups (broad SMARTS) is 1. The van der Waals surface area contributed by atoms with Crippen molar-refractivity contribution in [3.63, 3.8) is 0 Å². The van der Waals surface area contributed by atoms with Gasteiger partial charge in [-0.05, 0) is 34.9 Å². The molecule has 134 valence electrons. The normalized spacial score (nSPS) is 10.7. The molecule has 0 fully saturated rings. The van der Waals surface area contributed by atoms with Gasteiger partial charge in [0.2, 0.25) is 0 Å². The molecule has 3 aromatic carbocycles. The van der Waals surface area contributed by atoms with Crippen molar-refractivity contribution in [1.82, 2.24) is 0 Å². The van der Waals surface area contributed by atoms with Gasteiger partial charge in [0.25, 0.3) is 0 Å². The average Bonchev–Trinajstić information content (AvgIpc) is 2.66. The molecule has 5 nitrogen and oxygen atoms in total. The number of benzene rings is 3. The summed E-state index contributed by atoms with van der Waals surface area (Å²) in [6, 6.07) is 18.9. The van der Waals surface area contributed by atoms with Crippen LogP contribution in [-0.2, 0) is 6.61 Å². The number of hydrogen-bond acceptors (Lipinski definition) is 4. The summed E-state index contributed by atoms with van der Waals surface area (Å²) in [5.41, 5.74) is 1.88. The maximum Gasteiger partial charge on any atom is 0.339 e. The quantitative estimate of drug-likeness (QED) is 0.536. The van der Waals surface area contributed by atoms with Crippen LogP contribution >= 0.6 is 0 Å². The third-order valence-electron chi connectivity index (χ3n) is 4.14. The number of fused-ring (bicyclic) bond motifs is 1. The topological polar surface area (TPSA) is 78.8 Å². The van der Waals surface area contributed by atoms with Gasteiger partial charge in [0.05, 0.1) is 0 Å². The van der Waals surface area contributed by atoms with Crippen molar-refractivity contribution >= 4 is 22.4 Å². The lowest BCUT2D eigenvalue weighted by Crippen LogP contribution is -2.07. The SMILES string of the molecule is O=C(O)c1ccc(NCCCO)cc1OCc1cccc2ccccc12. The molecule has 0 aliphatic rings. The Morgan fingerprint density at radius 3 is 2.65 bits per heavy atom. The minimum Gasteiger partial charge on any atom is -0.488 e. The lowest BCUT2D eigenvalue weighted by Gasteiger charge is -2.13. The standard InChI is InChI=1S/C21H21NO4/c23-12-4-11-22-17-9-10-19(21(24)25)20(13-17)26-14-16-7-3-6-15-5-1-2-8-18(15)16/h1-3,5-10,13,22-23H,4,11-12,14H2,(H,24,25). The molecule has 0 heterocycles. The number of rotatable bonds is 8. The number of carboxylic acids is 1. The van der Waals surface area contributed by atoms with Gasteiger partial charge in [0, 0.05) is 24.9 Å². The van der Waals surface area contributed by atoms with E-state index in [-0.39, 0.29) is 18.8 Å². The molecule has 0 radical (unpaired) electrons. The molecular formula is C21H21NO4. The molecule has 0 bridgehead atoms. The highest BCUT2D eigenvalue weighted by Gasteiger charge is 2.13. The Kier molecular flexibility index (Phi) is 5.71. The van der Waals surface area contributed by atoms with Crippen molar-refractivity contribution in [1.29, 1.82) is 0 Å². The molecule has 0 aliphatic carbocycles. The van der Waals surface area contributed by atoms with E-state index in [9.17, 15) is 9.90 Å². The van der Waals surface area contributed by atoms with Crippen LogP contribution in [-0.4, -0.2) is 29.3 Å². The van der Waals surface area contributed by atoms with Gasteiger partial charge >= 0.3 is 5.97 Å². The van der Waals surface area contributed by atoms with Gasteiger partial charge in [0.15, 0.2) is 0 Å². The van der Waals surface area contributed by atoms with Gasteiger partial charge in [-0.2, -0.15) is 0 Å². The molecule has 3 rings (SSSR count). The van der Waals surface area contributed by atoms with Crippen molar-refractivity contribution in [3.8, 4) is 5.75 Å². The molecular weight excluding hydrogens is 330 g/mol. The van der Waals surface area contributed by atoms with E-state index in [0.29, 0.717) is 18.7 Å². The summed E-state index contributed by atoms with van der Waals surface area (Å²) < 4.78 is 5.87. The molecule has 0 unspecified atom stereocenters. The van der Waals surface area contributed by atoms with Crippen LogP contribution in [0.15, 0.2) is 60.7 Å². The third kappa shape index (κ3) is 4.13. The van der Waals surface area contributed by atoms with Crippen molar-refractivity contribution in [3.05, 3.63) is 71.8 Å². The smallest absolute Gasteiger partial charge is 0.339 e. The Balaban J connectivity index is 1.83. The molecule has 0 saturated heterocycles. The summed E-state index contributed by atoms with van der Waals surface area (Å²) in [6.45, 7) is 0.984. The van der Waals surface area contributed by atoms with E-state index in [1.54, 1.807) is 12.1 Å². The largest absolute Gasteiger partial charge is 0.488 e. The Morgan fingerprint density at radius 2 is 1.85 bits per heavy atom. The monoisotopic (exact) mass is 351 g/mol. The van der Waals surface area contributed by atoms with Crippen LogP contribution in [0.1, 0.15) is 22.3 Å². The second kappa shape index (κ2) is 8.36. The summed E-state index contributed by atoms with van der Waals surface area (Å²) in [5.74, 6) is -0.709. The van der Waals surface area contributed by atoms with Crippen molar-refractivity contribution in [2.75, 3.05) is 18.5 Å². The minimum atomic E-state index is -1.03. The number of aliphatic hydroxyl groups is 1. The first-order chi connectivity index (χ1) is 12.7. The zero-order valence-electron chi connectivity index (χ0n) is 14.3. The molecule has 3 aromatic rings. The molecule has 0 atom stereocenters. The molecule has 0 aromatic heterocycles. The molecule has 5 heteroatoms. The molecule has 26 heavy (non-hydrogen) atoms. The Labute approximate surface area is 151 Å². The zero-order chi connectivity index (χ0) is 18.4. The maximum atomic E-state index is 11.5. The van der Waals surface area contributed by atoms with Crippen LogP contribution in [0.2, 0.25) is 0 Å². The predicted molar refractivity (Wildman–Crippen MR) is 102 cm³/mol. The zero-order valence-corrected chi connectivity index (χ0v) is 14.3. The molecule has 3 N–H and O–H groups in total. The number of carbonyl (C=O) groups is 1. The van der Waals surface area contributed by atoms with Crippen LogP contribution in [0, 0.1) is 0 Å². The molecule has 0 spiro atoms. The fourth-order valence-electron chi connectivity index (χ4n) is 2.81. The highest BCUT2D eigenvalue weighted by atomic mass is 16.5. The number of aromatic carboxylic acids is 1. The maximum absolute atomic E-state index is 11.5. The van der Waals surface area contributed by atoms with Crippen LogP contribution in [0.4, 0.5) is 5.69 Å². The van der Waals surface area contributed by atoms with E-state index in [0.717, 1.165) is 22.0 Å². The van der Waals surface area contributed by atoms with Crippen molar-refractivity contribution in [2.45, 2.75) is 13.0 Å². The molecule has 0 saturated carbocycles.